The first-order chi connectivity index (χ1) is 11.2. The summed E-state index contributed by atoms with van der Waals surface area (Å²) in [5.41, 5.74) is 0.990. The van der Waals surface area contributed by atoms with E-state index < -0.39 is 0 Å². The van der Waals surface area contributed by atoms with E-state index in [4.69, 9.17) is 9.15 Å². The van der Waals surface area contributed by atoms with Gasteiger partial charge in [0.05, 0.1) is 12.4 Å². The summed E-state index contributed by atoms with van der Waals surface area (Å²) in [5.74, 6) is 0.862. The van der Waals surface area contributed by atoms with Crippen LogP contribution in [-0.4, -0.2) is 28.5 Å². The summed E-state index contributed by atoms with van der Waals surface area (Å²) >= 11 is 1.75. The highest BCUT2D eigenvalue weighted by Crippen LogP contribution is 2.36. The Morgan fingerprint density at radius 1 is 1.35 bits per heavy atom. The number of carbonyl (C=O) groups excluding carboxylic acids is 1. The second-order valence-corrected chi connectivity index (χ2v) is 7.16. The van der Waals surface area contributed by atoms with Crippen molar-refractivity contribution in [1.82, 2.24) is 0 Å². The largest absolute Gasteiger partial charge is 0.508 e. The van der Waals surface area contributed by atoms with Gasteiger partial charge in [0.15, 0.2) is 5.78 Å². The molecule has 0 bridgehead atoms. The first-order valence-corrected chi connectivity index (χ1v) is 9.27. The Morgan fingerprint density at radius 2 is 2.13 bits per heavy atom. The van der Waals surface area contributed by atoms with Crippen LogP contribution in [0.5, 0.6) is 11.7 Å². The van der Waals surface area contributed by atoms with Crippen LogP contribution >= 0.6 is 11.8 Å². The minimum Gasteiger partial charge on any atom is -0.508 e. The lowest BCUT2D eigenvalue weighted by molar-refractivity contribution is 0.101. The van der Waals surface area contributed by atoms with Crippen LogP contribution in [0, 0.1) is 0 Å². The van der Waals surface area contributed by atoms with Crippen LogP contribution in [0.1, 0.15) is 49.4 Å². The van der Waals surface area contributed by atoms with Crippen molar-refractivity contribution < 1.29 is 19.1 Å². The van der Waals surface area contributed by atoms with Gasteiger partial charge in [0.1, 0.15) is 16.9 Å². The Hall–Kier alpha value is -1.62. The maximum Gasteiger partial charge on any atom is 0.296 e. The molecule has 124 valence electrons. The van der Waals surface area contributed by atoms with Crippen LogP contribution in [-0.2, 0) is 0 Å². The van der Waals surface area contributed by atoms with Crippen LogP contribution in [0.25, 0.3) is 11.0 Å². The molecular weight excluding hydrogens is 312 g/mol. The van der Waals surface area contributed by atoms with Crippen molar-refractivity contribution >= 4 is 28.5 Å². The number of ether oxygens (including phenoxy) is 1. The first kappa shape index (κ1) is 16.2. The first-order valence-electron chi connectivity index (χ1n) is 8.22. The number of benzene rings is 1. The molecule has 0 aliphatic heterocycles. The van der Waals surface area contributed by atoms with E-state index in [-0.39, 0.29) is 17.5 Å². The third-order valence-corrected chi connectivity index (χ3v) is 5.57. The van der Waals surface area contributed by atoms with Gasteiger partial charge in [-0.1, -0.05) is 19.3 Å². The molecule has 1 aliphatic carbocycles. The lowest BCUT2D eigenvalue weighted by Crippen LogP contribution is -2.12. The van der Waals surface area contributed by atoms with Crippen molar-refractivity contribution in [3.05, 3.63) is 23.8 Å². The number of aromatic hydroxyl groups is 1. The molecule has 4 nitrogen and oxygen atoms in total. The zero-order chi connectivity index (χ0) is 16.2. The van der Waals surface area contributed by atoms with Crippen LogP contribution in [0.4, 0.5) is 0 Å². The van der Waals surface area contributed by atoms with Crippen molar-refractivity contribution in [2.24, 2.45) is 0 Å². The van der Waals surface area contributed by atoms with E-state index in [1.165, 1.54) is 38.2 Å². The predicted molar refractivity (Wildman–Crippen MR) is 92.7 cm³/mol. The second kappa shape index (κ2) is 7.30. The van der Waals surface area contributed by atoms with Crippen LogP contribution < -0.4 is 4.74 Å². The van der Waals surface area contributed by atoms with Crippen molar-refractivity contribution in [3.8, 4) is 11.7 Å². The molecule has 0 saturated heterocycles. The molecule has 1 N–H and O–H groups in total. The minimum absolute atomic E-state index is 0.0356. The van der Waals surface area contributed by atoms with Crippen LogP contribution in [0.3, 0.4) is 0 Å². The second-order valence-electron chi connectivity index (χ2n) is 5.87. The van der Waals surface area contributed by atoms with E-state index in [1.54, 1.807) is 23.9 Å². The summed E-state index contributed by atoms with van der Waals surface area (Å²) in [6, 6.07) is 4.80. The highest BCUT2D eigenvalue weighted by molar-refractivity contribution is 8.00. The number of fused-ring (bicyclic) bond motifs is 1. The third kappa shape index (κ3) is 3.66. The van der Waals surface area contributed by atoms with Gasteiger partial charge in [-0.2, -0.15) is 11.8 Å². The Morgan fingerprint density at radius 3 is 2.87 bits per heavy atom. The monoisotopic (exact) mass is 334 g/mol. The highest BCUT2D eigenvalue weighted by atomic mass is 32.2. The van der Waals surface area contributed by atoms with Gasteiger partial charge in [-0.05, 0) is 31.9 Å². The Labute approximate surface area is 140 Å². The molecule has 0 radical (unpaired) electrons. The number of ketones is 1. The van der Waals surface area contributed by atoms with Crippen molar-refractivity contribution in [3.63, 3.8) is 0 Å². The van der Waals surface area contributed by atoms with Gasteiger partial charge in [-0.25, -0.2) is 0 Å². The van der Waals surface area contributed by atoms with E-state index in [0.29, 0.717) is 34.1 Å². The molecule has 0 amide bonds. The van der Waals surface area contributed by atoms with E-state index in [9.17, 15) is 9.90 Å². The molecule has 2 aromatic rings. The number of Topliss-reactive ketones (excluding diaryl/α,β-unsaturated/α-hetero) is 1. The topological polar surface area (TPSA) is 59.7 Å². The van der Waals surface area contributed by atoms with Crippen molar-refractivity contribution in [2.45, 2.75) is 44.3 Å². The van der Waals surface area contributed by atoms with Gasteiger partial charge >= 0.3 is 0 Å². The van der Waals surface area contributed by atoms with E-state index >= 15 is 0 Å². The lowest BCUT2D eigenvalue weighted by atomic mass is 10.0. The number of carbonyl (C=O) groups is 1. The zero-order valence-corrected chi connectivity index (χ0v) is 14.2. The summed E-state index contributed by atoms with van der Waals surface area (Å²) in [6.45, 7) is 2.29. The van der Waals surface area contributed by atoms with Crippen molar-refractivity contribution in [2.75, 3.05) is 12.4 Å². The van der Waals surface area contributed by atoms with Gasteiger partial charge in [-0.3, -0.25) is 4.79 Å². The number of furan rings is 1. The molecule has 23 heavy (non-hydrogen) atoms. The Bertz CT molecular complexity index is 686. The van der Waals surface area contributed by atoms with Gasteiger partial charge in [0, 0.05) is 16.7 Å². The molecule has 0 unspecified atom stereocenters. The maximum atomic E-state index is 12.7. The van der Waals surface area contributed by atoms with Crippen LogP contribution in [0.15, 0.2) is 22.6 Å². The summed E-state index contributed by atoms with van der Waals surface area (Å²) in [4.78, 5) is 12.7. The summed E-state index contributed by atoms with van der Waals surface area (Å²) in [5, 5.41) is 10.9. The minimum atomic E-state index is 0.0356. The van der Waals surface area contributed by atoms with Gasteiger partial charge in [0.25, 0.3) is 5.95 Å². The zero-order valence-electron chi connectivity index (χ0n) is 13.3. The fourth-order valence-corrected chi connectivity index (χ4v) is 4.26. The molecule has 0 spiro atoms. The van der Waals surface area contributed by atoms with Crippen LogP contribution in [0.2, 0.25) is 0 Å². The number of hydrogen-bond donors (Lipinski definition) is 1. The average Bonchev–Trinajstić information content (AvgIpc) is 2.91. The quantitative estimate of drug-likeness (QED) is 0.770. The molecule has 0 atom stereocenters. The molecule has 1 heterocycles. The summed E-state index contributed by atoms with van der Waals surface area (Å²) in [7, 11) is 0. The van der Waals surface area contributed by atoms with E-state index in [1.807, 2.05) is 6.92 Å². The molecular formula is C18H22O4S. The Balaban J connectivity index is 1.81. The number of thioether (sulfide) groups is 1. The molecule has 1 saturated carbocycles. The molecule has 5 heteroatoms. The molecule has 1 aromatic carbocycles. The normalized spacial score (nSPS) is 15.9. The Kier molecular flexibility index (Phi) is 5.16. The maximum absolute atomic E-state index is 12.7. The van der Waals surface area contributed by atoms with Crippen molar-refractivity contribution in [1.29, 1.82) is 0 Å². The van der Waals surface area contributed by atoms with Gasteiger partial charge in [0.2, 0.25) is 0 Å². The third-order valence-electron chi connectivity index (χ3n) is 4.20. The average molecular weight is 334 g/mol. The standard InChI is InChI=1S/C18H22O4S/c1-2-21-18-17(14-9-8-12(19)10-16(14)22-18)15(20)11-23-13-6-4-3-5-7-13/h8-10,13,19H,2-7,11H2,1H3. The van der Waals surface area contributed by atoms with Gasteiger partial charge in [-0.15, -0.1) is 0 Å². The summed E-state index contributed by atoms with van der Waals surface area (Å²) < 4.78 is 11.1. The smallest absolute Gasteiger partial charge is 0.296 e. The fourth-order valence-electron chi connectivity index (χ4n) is 3.06. The lowest BCUT2D eigenvalue weighted by Gasteiger charge is -2.20. The SMILES string of the molecule is CCOc1oc2cc(O)ccc2c1C(=O)CSC1CCCCC1. The number of phenolic OH excluding ortho intramolecular Hbond substituents is 1. The van der Waals surface area contributed by atoms with E-state index in [0.717, 1.165) is 0 Å². The number of phenols is 1. The number of rotatable bonds is 6. The van der Waals surface area contributed by atoms with Gasteiger partial charge < -0.3 is 14.3 Å². The molecule has 1 fully saturated rings. The number of hydrogen-bond acceptors (Lipinski definition) is 5. The molecule has 3 rings (SSSR count). The highest BCUT2D eigenvalue weighted by Gasteiger charge is 2.24. The molecule has 1 aromatic heterocycles. The molecule has 1 aliphatic rings. The fraction of sp³-hybridized carbons (Fsp3) is 0.500. The van der Waals surface area contributed by atoms with E-state index in [2.05, 4.69) is 0 Å². The predicted octanol–water partition coefficient (Wildman–Crippen LogP) is 4.79. The summed E-state index contributed by atoms with van der Waals surface area (Å²) in [6.07, 6.45) is 6.26.